The van der Waals surface area contributed by atoms with Gasteiger partial charge in [0.05, 0.1) is 26.2 Å². The van der Waals surface area contributed by atoms with Gasteiger partial charge in [0.1, 0.15) is 0 Å². The van der Waals surface area contributed by atoms with E-state index in [9.17, 15) is 9.90 Å². The molecule has 2 aromatic carbocycles. The molecule has 4 unspecified atom stereocenters. The molecule has 0 radical (unpaired) electrons. The van der Waals surface area contributed by atoms with Crippen LogP contribution in [0.15, 0.2) is 45.6 Å². The molecular formula is C35H48N2O5. The average molecular weight is 577 g/mol. The van der Waals surface area contributed by atoms with Crippen LogP contribution in [0.5, 0.6) is 11.5 Å². The maximum atomic E-state index is 13.3. The minimum atomic E-state index is -0.275. The fraction of sp³-hybridized carbons (Fsp3) is 0.571. The Labute approximate surface area is 250 Å². The van der Waals surface area contributed by atoms with Crippen LogP contribution in [0, 0.1) is 17.8 Å². The maximum absolute atomic E-state index is 13.3. The Balaban J connectivity index is 1.25. The van der Waals surface area contributed by atoms with E-state index in [2.05, 4.69) is 49.9 Å². The summed E-state index contributed by atoms with van der Waals surface area (Å²) >= 11 is 0. The third kappa shape index (κ3) is 5.66. The Kier molecular flexibility index (Phi) is 9.19. The van der Waals surface area contributed by atoms with Crippen LogP contribution >= 0.6 is 0 Å². The summed E-state index contributed by atoms with van der Waals surface area (Å²) in [5, 5.41) is 10.1. The van der Waals surface area contributed by atoms with Gasteiger partial charge in [0, 0.05) is 35.9 Å². The van der Waals surface area contributed by atoms with Crippen molar-refractivity contribution in [2.75, 3.05) is 46.3 Å². The van der Waals surface area contributed by atoms with E-state index in [1.807, 2.05) is 12.1 Å². The normalized spacial score (nSPS) is 23.8. The van der Waals surface area contributed by atoms with Crippen molar-refractivity contribution in [2.24, 2.45) is 17.8 Å². The maximum Gasteiger partial charge on any atom is 0.235 e. The van der Waals surface area contributed by atoms with Crippen LogP contribution < -0.4 is 19.8 Å². The van der Waals surface area contributed by atoms with Crippen molar-refractivity contribution in [1.29, 1.82) is 0 Å². The number of methoxy groups -OCH3 is 2. The monoisotopic (exact) mass is 576 g/mol. The van der Waals surface area contributed by atoms with Gasteiger partial charge in [-0.25, -0.2) is 0 Å². The van der Waals surface area contributed by atoms with Gasteiger partial charge in [-0.05, 0) is 100 Å². The summed E-state index contributed by atoms with van der Waals surface area (Å²) in [4.78, 5) is 18.3. The topological polar surface area (TPSA) is 75.4 Å². The quantitative estimate of drug-likeness (QED) is 0.254. The van der Waals surface area contributed by atoms with Crippen molar-refractivity contribution >= 4 is 16.7 Å². The highest BCUT2D eigenvalue weighted by Gasteiger charge is 2.48. The van der Waals surface area contributed by atoms with E-state index >= 15 is 0 Å². The minimum absolute atomic E-state index is 0.150. The molecule has 3 aromatic rings. The molecule has 7 nitrogen and oxygen atoms in total. The number of ether oxygens (including phenoxy) is 2. The zero-order chi connectivity index (χ0) is 30.0. The Morgan fingerprint density at radius 3 is 2.36 bits per heavy atom. The summed E-state index contributed by atoms with van der Waals surface area (Å²) in [6, 6.07) is 11.3. The molecule has 0 saturated heterocycles. The van der Waals surface area contributed by atoms with Crippen molar-refractivity contribution in [1.82, 2.24) is 4.90 Å². The largest absolute Gasteiger partial charge is 0.492 e. The molecule has 0 aliphatic heterocycles. The molecule has 5 rings (SSSR count). The molecule has 0 amide bonds. The number of anilines is 1. The van der Waals surface area contributed by atoms with Gasteiger partial charge in [0.2, 0.25) is 11.2 Å². The SMILES string of the molecule is COc1c(-c2ccc(N(C)CCCCN(C)C34CC(C)CC(CCC3C)C4)cc2)oc2c(OC)c(CO)ccc2c1=O. The predicted molar refractivity (Wildman–Crippen MR) is 170 cm³/mol. The summed E-state index contributed by atoms with van der Waals surface area (Å²) in [7, 11) is 7.48. The summed E-state index contributed by atoms with van der Waals surface area (Å²) in [6.07, 6.45) is 9.28. The van der Waals surface area contributed by atoms with Crippen LogP contribution in [0.4, 0.5) is 5.69 Å². The highest BCUT2D eigenvalue weighted by molar-refractivity contribution is 5.87. The molecule has 0 spiro atoms. The zero-order valence-electron chi connectivity index (χ0n) is 26.2. The van der Waals surface area contributed by atoms with Gasteiger partial charge in [0.15, 0.2) is 17.1 Å². The van der Waals surface area contributed by atoms with Gasteiger partial charge in [-0.3, -0.25) is 4.79 Å². The van der Waals surface area contributed by atoms with Gasteiger partial charge in [-0.15, -0.1) is 0 Å². The van der Waals surface area contributed by atoms with Crippen LogP contribution in [-0.4, -0.2) is 56.9 Å². The molecule has 1 aromatic heterocycles. The van der Waals surface area contributed by atoms with E-state index in [0.717, 1.165) is 48.5 Å². The zero-order valence-corrected chi connectivity index (χ0v) is 26.2. The van der Waals surface area contributed by atoms with Crippen molar-refractivity contribution in [2.45, 2.75) is 70.9 Å². The molecule has 2 fully saturated rings. The number of hydrogen-bond donors (Lipinski definition) is 1. The molecule has 2 saturated carbocycles. The average Bonchev–Trinajstić information content (AvgIpc) is 3.00. The Morgan fingerprint density at radius 2 is 1.67 bits per heavy atom. The van der Waals surface area contributed by atoms with Gasteiger partial charge in [-0.2, -0.15) is 0 Å². The number of hydrogen-bond acceptors (Lipinski definition) is 7. The van der Waals surface area contributed by atoms with Crippen molar-refractivity contribution in [3.63, 3.8) is 0 Å². The van der Waals surface area contributed by atoms with Crippen LogP contribution in [0.1, 0.15) is 64.4 Å². The second-order valence-corrected chi connectivity index (χ2v) is 12.9. The molecule has 1 heterocycles. The van der Waals surface area contributed by atoms with Crippen molar-refractivity contribution in [3.05, 3.63) is 52.2 Å². The van der Waals surface area contributed by atoms with Gasteiger partial charge in [0.25, 0.3) is 0 Å². The van der Waals surface area contributed by atoms with E-state index in [1.54, 1.807) is 12.1 Å². The summed E-state index contributed by atoms with van der Waals surface area (Å²) < 4.78 is 17.2. The molecule has 228 valence electrons. The van der Waals surface area contributed by atoms with E-state index in [1.165, 1.54) is 52.7 Å². The second-order valence-electron chi connectivity index (χ2n) is 12.9. The van der Waals surface area contributed by atoms with Crippen LogP contribution in [0.2, 0.25) is 0 Å². The molecule has 1 N–H and O–H groups in total. The summed E-state index contributed by atoms with van der Waals surface area (Å²) in [5.74, 6) is 3.39. The number of aliphatic hydroxyl groups is 1. The lowest BCUT2D eigenvalue weighted by Gasteiger charge is -2.56. The van der Waals surface area contributed by atoms with E-state index in [-0.39, 0.29) is 17.8 Å². The smallest absolute Gasteiger partial charge is 0.235 e. The lowest BCUT2D eigenvalue weighted by atomic mass is 9.59. The first-order valence-electron chi connectivity index (χ1n) is 15.6. The highest BCUT2D eigenvalue weighted by Crippen LogP contribution is 2.50. The van der Waals surface area contributed by atoms with E-state index < -0.39 is 0 Å². The van der Waals surface area contributed by atoms with Crippen molar-refractivity contribution in [3.8, 4) is 22.8 Å². The summed E-state index contributed by atoms with van der Waals surface area (Å²) in [6.45, 7) is 6.86. The number of rotatable bonds is 11. The third-order valence-electron chi connectivity index (χ3n) is 10.2. The fourth-order valence-corrected chi connectivity index (χ4v) is 7.89. The molecule has 42 heavy (non-hydrogen) atoms. The first-order chi connectivity index (χ1) is 20.2. The van der Waals surface area contributed by atoms with Crippen LogP contribution in [-0.2, 0) is 6.61 Å². The lowest BCUT2D eigenvalue weighted by molar-refractivity contribution is -0.0465. The lowest BCUT2D eigenvalue weighted by Crippen LogP contribution is -2.58. The minimum Gasteiger partial charge on any atom is -0.492 e. The molecular weight excluding hydrogens is 528 g/mol. The Morgan fingerprint density at radius 1 is 0.952 bits per heavy atom. The van der Waals surface area contributed by atoms with Crippen LogP contribution in [0.25, 0.3) is 22.3 Å². The summed E-state index contributed by atoms with van der Waals surface area (Å²) in [5.41, 5.74) is 2.82. The first-order valence-corrected chi connectivity index (χ1v) is 15.6. The highest BCUT2D eigenvalue weighted by atomic mass is 16.5. The predicted octanol–water partition coefficient (Wildman–Crippen LogP) is 6.72. The third-order valence-corrected chi connectivity index (χ3v) is 10.2. The molecule has 2 aliphatic rings. The van der Waals surface area contributed by atoms with E-state index in [4.69, 9.17) is 13.9 Å². The molecule has 2 bridgehead atoms. The van der Waals surface area contributed by atoms with Crippen LogP contribution in [0.3, 0.4) is 0 Å². The first kappa shape index (κ1) is 30.4. The second kappa shape index (κ2) is 12.7. The molecule has 2 aliphatic carbocycles. The Bertz CT molecular complexity index is 1430. The number of unbranched alkanes of at least 4 members (excludes halogenated alkanes) is 1. The van der Waals surface area contributed by atoms with Gasteiger partial charge < -0.3 is 28.8 Å². The number of aliphatic hydroxyl groups excluding tert-OH is 1. The van der Waals surface area contributed by atoms with Gasteiger partial charge in [-0.1, -0.05) is 26.3 Å². The molecule has 4 atom stereocenters. The van der Waals surface area contributed by atoms with Gasteiger partial charge >= 0.3 is 0 Å². The van der Waals surface area contributed by atoms with E-state index in [0.29, 0.717) is 33.6 Å². The number of benzene rings is 2. The van der Waals surface area contributed by atoms with Crippen molar-refractivity contribution < 1.29 is 19.0 Å². The number of fused-ring (bicyclic) bond motifs is 3. The molecule has 7 heteroatoms. The fourth-order valence-electron chi connectivity index (χ4n) is 7.89. The standard InChI is InChI=1S/C35H48N2O5/c1-23-19-25-10-9-24(2)35(20-23,21-25)37(4)18-8-7-17-36(3)28-14-11-26(12-15-28)32-34(41-6)30(39)29-16-13-27(22-38)31(40-5)33(29)42-32/h11-16,23-25,38H,7-10,17-22H2,1-6H3. The Hall–Kier alpha value is -3.03. The number of nitrogens with zero attached hydrogens (tertiary/aromatic N) is 2.